The maximum Gasteiger partial charge on any atom is 0.358 e. The molecule has 9 nitrogen and oxygen atoms in total. The first kappa shape index (κ1) is 28.6. The highest BCUT2D eigenvalue weighted by atomic mass is 16.6. The van der Waals surface area contributed by atoms with Crippen molar-refractivity contribution in [3.05, 3.63) is 35.7 Å². The topological polar surface area (TPSA) is 95.3 Å². The molecule has 1 aliphatic rings. The fraction of sp³-hybridized carbons (Fsp3) is 0.643. The number of esters is 2. The molecule has 0 aliphatic carbocycles. The number of carbonyl (C=O) groups is 2. The number of ether oxygens (including phenoxy) is 3. The third kappa shape index (κ3) is 6.69. The number of piperidine rings is 1. The number of fused-ring (bicyclic) bond motifs is 1. The van der Waals surface area contributed by atoms with Crippen molar-refractivity contribution >= 4 is 23.4 Å². The van der Waals surface area contributed by atoms with E-state index in [2.05, 4.69) is 23.5 Å². The zero-order valence-electron chi connectivity index (χ0n) is 23.4. The SMILES string of the molecule is C=CCCC1(C)CCN(c2c(C(OC(C)(C)C)C(=O)OCC)c(C)nc3cc(C(=O)OCC)nn23)CC1. The summed E-state index contributed by atoms with van der Waals surface area (Å²) in [5, 5.41) is 4.60. The van der Waals surface area contributed by atoms with E-state index in [0.29, 0.717) is 22.7 Å². The average Bonchev–Trinajstić information content (AvgIpc) is 3.25. The Kier molecular flexibility index (Phi) is 9.00. The van der Waals surface area contributed by atoms with Gasteiger partial charge in [-0.2, -0.15) is 9.61 Å². The first-order valence-electron chi connectivity index (χ1n) is 13.2. The van der Waals surface area contributed by atoms with Crippen molar-refractivity contribution in [2.75, 3.05) is 31.2 Å². The van der Waals surface area contributed by atoms with E-state index in [9.17, 15) is 9.59 Å². The molecule has 0 N–H and O–H groups in total. The molecule has 2 aromatic rings. The molecular weight excluding hydrogens is 472 g/mol. The van der Waals surface area contributed by atoms with Gasteiger partial charge in [0.25, 0.3) is 0 Å². The van der Waals surface area contributed by atoms with Gasteiger partial charge in [0.15, 0.2) is 17.4 Å². The maximum atomic E-state index is 13.3. The fourth-order valence-electron chi connectivity index (χ4n) is 4.79. The highest BCUT2D eigenvalue weighted by Crippen LogP contribution is 2.41. The third-order valence-corrected chi connectivity index (χ3v) is 6.75. The van der Waals surface area contributed by atoms with E-state index in [1.165, 1.54) is 0 Å². The van der Waals surface area contributed by atoms with E-state index >= 15 is 0 Å². The second kappa shape index (κ2) is 11.6. The minimum absolute atomic E-state index is 0.171. The lowest BCUT2D eigenvalue weighted by Crippen LogP contribution is -2.41. The number of rotatable bonds is 10. The summed E-state index contributed by atoms with van der Waals surface area (Å²) in [6.45, 7) is 19.3. The smallest absolute Gasteiger partial charge is 0.358 e. The molecule has 9 heteroatoms. The number of aryl methyl sites for hydroxylation is 1. The van der Waals surface area contributed by atoms with E-state index in [-0.39, 0.29) is 24.3 Å². The van der Waals surface area contributed by atoms with Crippen molar-refractivity contribution in [2.45, 2.75) is 85.9 Å². The summed E-state index contributed by atoms with van der Waals surface area (Å²) >= 11 is 0. The summed E-state index contributed by atoms with van der Waals surface area (Å²) in [5.41, 5.74) is 1.49. The van der Waals surface area contributed by atoms with Crippen LogP contribution < -0.4 is 4.90 Å². The molecule has 0 saturated carbocycles. The van der Waals surface area contributed by atoms with E-state index < -0.39 is 23.6 Å². The number of anilines is 1. The number of allylic oxidation sites excluding steroid dienone is 1. The Labute approximate surface area is 220 Å². The van der Waals surface area contributed by atoms with Crippen LogP contribution in [0, 0.1) is 12.3 Å². The van der Waals surface area contributed by atoms with Crippen LogP contribution >= 0.6 is 0 Å². The molecule has 2 aromatic heterocycles. The number of aromatic nitrogens is 3. The van der Waals surface area contributed by atoms with Gasteiger partial charge >= 0.3 is 11.9 Å². The molecule has 37 heavy (non-hydrogen) atoms. The van der Waals surface area contributed by atoms with Gasteiger partial charge in [-0.15, -0.1) is 6.58 Å². The number of hydrogen-bond donors (Lipinski definition) is 0. The van der Waals surface area contributed by atoms with Crippen LogP contribution in [0.2, 0.25) is 0 Å². The molecule has 1 fully saturated rings. The summed E-state index contributed by atoms with van der Waals surface area (Å²) < 4.78 is 18.6. The van der Waals surface area contributed by atoms with Crippen molar-refractivity contribution < 1.29 is 23.8 Å². The number of hydrogen-bond acceptors (Lipinski definition) is 8. The van der Waals surface area contributed by atoms with Crippen LogP contribution in [0.3, 0.4) is 0 Å². The molecule has 0 spiro atoms. The van der Waals surface area contributed by atoms with Crippen LogP contribution in [0.5, 0.6) is 0 Å². The Morgan fingerprint density at radius 1 is 1.19 bits per heavy atom. The van der Waals surface area contributed by atoms with Crippen LogP contribution in [-0.4, -0.2) is 58.4 Å². The van der Waals surface area contributed by atoms with Gasteiger partial charge in [0, 0.05) is 24.8 Å². The van der Waals surface area contributed by atoms with Gasteiger partial charge < -0.3 is 19.1 Å². The van der Waals surface area contributed by atoms with Crippen molar-refractivity contribution in [1.29, 1.82) is 0 Å². The normalized spacial score (nSPS) is 16.5. The predicted molar refractivity (Wildman–Crippen MR) is 143 cm³/mol. The van der Waals surface area contributed by atoms with Gasteiger partial charge in [0.05, 0.1) is 24.4 Å². The molecule has 1 saturated heterocycles. The van der Waals surface area contributed by atoms with Gasteiger partial charge in [-0.1, -0.05) is 13.0 Å². The Morgan fingerprint density at radius 3 is 2.41 bits per heavy atom. The van der Waals surface area contributed by atoms with E-state index in [0.717, 1.165) is 38.8 Å². The van der Waals surface area contributed by atoms with E-state index in [1.54, 1.807) is 24.4 Å². The summed E-state index contributed by atoms with van der Waals surface area (Å²) in [5.74, 6) is -0.290. The Balaban J connectivity index is 2.18. The van der Waals surface area contributed by atoms with Gasteiger partial charge in [0.1, 0.15) is 5.82 Å². The van der Waals surface area contributed by atoms with Crippen molar-refractivity contribution in [2.24, 2.45) is 5.41 Å². The summed E-state index contributed by atoms with van der Waals surface area (Å²) in [7, 11) is 0. The number of carbonyl (C=O) groups excluding carboxylic acids is 2. The second-order valence-electron chi connectivity index (χ2n) is 10.9. The first-order valence-corrected chi connectivity index (χ1v) is 13.2. The fourth-order valence-corrected chi connectivity index (χ4v) is 4.79. The predicted octanol–water partition coefficient (Wildman–Crippen LogP) is 5.21. The molecule has 0 aromatic carbocycles. The molecule has 0 radical (unpaired) electrons. The Morgan fingerprint density at radius 2 is 1.84 bits per heavy atom. The largest absolute Gasteiger partial charge is 0.464 e. The highest BCUT2D eigenvalue weighted by molar-refractivity contribution is 5.89. The van der Waals surface area contributed by atoms with E-state index in [1.807, 2.05) is 33.8 Å². The quantitative estimate of drug-likeness (QED) is 0.315. The van der Waals surface area contributed by atoms with Crippen LogP contribution in [0.15, 0.2) is 18.7 Å². The Bertz CT molecular complexity index is 1130. The van der Waals surface area contributed by atoms with Crippen molar-refractivity contribution in [3.8, 4) is 0 Å². The van der Waals surface area contributed by atoms with Crippen LogP contribution in [-0.2, 0) is 19.0 Å². The molecule has 1 atom stereocenters. The molecule has 3 heterocycles. The maximum absolute atomic E-state index is 13.3. The Hall–Kier alpha value is -2.94. The highest BCUT2D eigenvalue weighted by Gasteiger charge is 2.38. The lowest BCUT2D eigenvalue weighted by Gasteiger charge is -2.41. The summed E-state index contributed by atoms with van der Waals surface area (Å²) in [4.78, 5) is 32.7. The van der Waals surface area contributed by atoms with Crippen molar-refractivity contribution in [3.63, 3.8) is 0 Å². The first-order chi connectivity index (χ1) is 17.4. The zero-order valence-corrected chi connectivity index (χ0v) is 23.4. The summed E-state index contributed by atoms with van der Waals surface area (Å²) in [6.07, 6.45) is 4.97. The molecule has 0 bridgehead atoms. The second-order valence-corrected chi connectivity index (χ2v) is 10.9. The van der Waals surface area contributed by atoms with Crippen LogP contribution in [0.25, 0.3) is 5.65 Å². The minimum atomic E-state index is -1.00. The van der Waals surface area contributed by atoms with Crippen LogP contribution in [0.1, 0.15) is 95.1 Å². The monoisotopic (exact) mass is 514 g/mol. The molecule has 0 amide bonds. The van der Waals surface area contributed by atoms with Gasteiger partial charge in [0.2, 0.25) is 0 Å². The van der Waals surface area contributed by atoms with Gasteiger partial charge in [-0.3, -0.25) is 0 Å². The van der Waals surface area contributed by atoms with E-state index in [4.69, 9.17) is 19.2 Å². The lowest BCUT2D eigenvalue weighted by molar-refractivity contribution is -0.166. The molecule has 1 unspecified atom stereocenters. The molecule has 1 aliphatic heterocycles. The molecule has 3 rings (SSSR count). The number of nitrogens with zero attached hydrogens (tertiary/aromatic N) is 4. The third-order valence-electron chi connectivity index (χ3n) is 6.75. The summed E-state index contributed by atoms with van der Waals surface area (Å²) in [6, 6.07) is 1.63. The minimum Gasteiger partial charge on any atom is -0.464 e. The van der Waals surface area contributed by atoms with Crippen molar-refractivity contribution in [1.82, 2.24) is 14.6 Å². The zero-order chi connectivity index (χ0) is 27.4. The van der Waals surface area contributed by atoms with Gasteiger partial charge in [-0.05, 0) is 72.6 Å². The average molecular weight is 515 g/mol. The molecular formula is C28H42N4O5. The standard InChI is InChI=1S/C28H42N4O5/c1-9-12-13-28(8)14-16-31(17-15-28)24-22(23(26(34)36-11-3)37-27(5,6)7)19(4)29-21-18-20(30-32(21)24)25(33)35-10-2/h9,18,23H,1,10-17H2,2-8H3. The lowest BCUT2D eigenvalue weighted by atomic mass is 9.76. The molecule has 204 valence electrons. The van der Waals surface area contributed by atoms with Gasteiger partial charge in [-0.25, -0.2) is 14.6 Å². The van der Waals surface area contributed by atoms with Crippen LogP contribution in [0.4, 0.5) is 5.82 Å².